The van der Waals surface area contributed by atoms with Crippen molar-refractivity contribution in [3.63, 3.8) is 0 Å². The smallest absolute Gasteiger partial charge is 0.237 e. The van der Waals surface area contributed by atoms with Crippen LogP contribution < -0.4 is 10.6 Å². The summed E-state index contributed by atoms with van der Waals surface area (Å²) in [5.41, 5.74) is 0. The highest BCUT2D eigenvalue weighted by molar-refractivity contribution is 7.98. The van der Waals surface area contributed by atoms with Crippen LogP contribution in [0.2, 0.25) is 0 Å². The molecule has 0 saturated heterocycles. The number of hydrogen-bond acceptors (Lipinski definition) is 3. The summed E-state index contributed by atoms with van der Waals surface area (Å²) in [4.78, 5) is 11.7. The van der Waals surface area contributed by atoms with Gasteiger partial charge in [-0.1, -0.05) is 6.92 Å². The van der Waals surface area contributed by atoms with Crippen LogP contribution in [0.4, 0.5) is 0 Å². The first-order valence-electron chi connectivity index (χ1n) is 5.14. The zero-order valence-corrected chi connectivity index (χ0v) is 10.4. The molecule has 0 aliphatic heterocycles. The first kappa shape index (κ1) is 13.8. The third kappa shape index (κ3) is 6.27. The number of carbonyl (C=O) groups is 1. The Morgan fingerprint density at radius 3 is 2.50 bits per heavy atom. The maximum Gasteiger partial charge on any atom is 0.237 e. The molecule has 14 heavy (non-hydrogen) atoms. The van der Waals surface area contributed by atoms with Crippen molar-refractivity contribution in [2.45, 2.75) is 39.3 Å². The standard InChI is InChI=1S/C10H22N2OS/c1-5-11-9(6-7-14-4)10(13)12-8(2)3/h8-9,11H,5-7H2,1-4H3,(H,12,13). The molecule has 2 N–H and O–H groups in total. The van der Waals surface area contributed by atoms with Crippen molar-refractivity contribution < 1.29 is 4.79 Å². The maximum absolute atomic E-state index is 11.7. The molecule has 0 aliphatic carbocycles. The van der Waals surface area contributed by atoms with Crippen molar-refractivity contribution >= 4 is 17.7 Å². The molecule has 1 amide bonds. The molecule has 3 nitrogen and oxygen atoms in total. The van der Waals surface area contributed by atoms with Crippen LogP contribution in [0.15, 0.2) is 0 Å². The van der Waals surface area contributed by atoms with Gasteiger partial charge in [-0.15, -0.1) is 0 Å². The van der Waals surface area contributed by atoms with Crippen molar-refractivity contribution in [2.24, 2.45) is 0 Å². The van der Waals surface area contributed by atoms with Crippen LogP contribution in [0.5, 0.6) is 0 Å². The van der Waals surface area contributed by atoms with E-state index in [-0.39, 0.29) is 18.0 Å². The van der Waals surface area contributed by atoms with Crippen LogP contribution in [0, 0.1) is 0 Å². The third-order valence-corrected chi connectivity index (χ3v) is 2.45. The highest BCUT2D eigenvalue weighted by Crippen LogP contribution is 2.01. The van der Waals surface area contributed by atoms with Crippen LogP contribution in [0.3, 0.4) is 0 Å². The molecule has 0 aliphatic rings. The van der Waals surface area contributed by atoms with Crippen LogP contribution in [-0.2, 0) is 4.79 Å². The number of carbonyl (C=O) groups excluding carboxylic acids is 1. The second kappa shape index (κ2) is 8.12. The summed E-state index contributed by atoms with van der Waals surface area (Å²) in [6.45, 7) is 6.82. The van der Waals surface area contributed by atoms with Gasteiger partial charge in [0.25, 0.3) is 0 Å². The van der Waals surface area contributed by atoms with Crippen molar-refractivity contribution in [3.05, 3.63) is 0 Å². The Kier molecular flexibility index (Phi) is 7.99. The molecule has 0 aromatic carbocycles. The average Bonchev–Trinajstić information content (AvgIpc) is 2.10. The molecule has 4 heteroatoms. The molecule has 0 spiro atoms. The molecule has 0 heterocycles. The minimum absolute atomic E-state index is 0.0325. The van der Waals surface area contributed by atoms with Gasteiger partial charge in [-0.3, -0.25) is 4.79 Å². The fourth-order valence-electron chi connectivity index (χ4n) is 1.19. The average molecular weight is 218 g/mol. The van der Waals surface area contributed by atoms with E-state index in [2.05, 4.69) is 16.9 Å². The fourth-order valence-corrected chi connectivity index (χ4v) is 1.66. The summed E-state index contributed by atoms with van der Waals surface area (Å²) in [5, 5.41) is 6.12. The molecule has 84 valence electrons. The first-order valence-corrected chi connectivity index (χ1v) is 6.53. The molecule has 0 saturated carbocycles. The third-order valence-electron chi connectivity index (χ3n) is 1.81. The van der Waals surface area contributed by atoms with E-state index in [1.807, 2.05) is 20.8 Å². The molecule has 0 fully saturated rings. The second-order valence-electron chi connectivity index (χ2n) is 3.56. The quantitative estimate of drug-likeness (QED) is 0.675. The van der Waals surface area contributed by atoms with E-state index in [1.54, 1.807) is 11.8 Å². The van der Waals surface area contributed by atoms with Crippen molar-refractivity contribution in [3.8, 4) is 0 Å². The van der Waals surface area contributed by atoms with Gasteiger partial charge in [-0.05, 0) is 38.8 Å². The van der Waals surface area contributed by atoms with E-state index in [4.69, 9.17) is 0 Å². The summed E-state index contributed by atoms with van der Waals surface area (Å²) in [6.07, 6.45) is 2.96. The van der Waals surface area contributed by atoms with E-state index in [1.165, 1.54) is 0 Å². The fraction of sp³-hybridized carbons (Fsp3) is 0.900. The number of hydrogen-bond donors (Lipinski definition) is 2. The molecule has 1 unspecified atom stereocenters. The normalized spacial score (nSPS) is 12.9. The predicted molar refractivity (Wildman–Crippen MR) is 63.7 cm³/mol. The Morgan fingerprint density at radius 1 is 1.43 bits per heavy atom. The van der Waals surface area contributed by atoms with Gasteiger partial charge < -0.3 is 10.6 Å². The highest BCUT2D eigenvalue weighted by atomic mass is 32.2. The van der Waals surface area contributed by atoms with Gasteiger partial charge in [0.1, 0.15) is 0 Å². The first-order chi connectivity index (χ1) is 6.61. The molecular weight excluding hydrogens is 196 g/mol. The monoisotopic (exact) mass is 218 g/mol. The maximum atomic E-state index is 11.7. The number of amides is 1. The van der Waals surface area contributed by atoms with Gasteiger partial charge in [-0.25, -0.2) is 0 Å². The van der Waals surface area contributed by atoms with E-state index >= 15 is 0 Å². The van der Waals surface area contributed by atoms with Crippen molar-refractivity contribution in [2.75, 3.05) is 18.6 Å². The zero-order valence-electron chi connectivity index (χ0n) is 9.59. The minimum Gasteiger partial charge on any atom is -0.353 e. The summed E-state index contributed by atoms with van der Waals surface area (Å²) < 4.78 is 0. The molecule has 1 atom stereocenters. The summed E-state index contributed by atoms with van der Waals surface area (Å²) in [6, 6.07) is 0.188. The molecular formula is C10H22N2OS. The Labute approximate surface area is 91.4 Å². The lowest BCUT2D eigenvalue weighted by atomic mass is 10.2. The van der Waals surface area contributed by atoms with Gasteiger partial charge >= 0.3 is 0 Å². The molecule has 0 aromatic heterocycles. The number of thioether (sulfide) groups is 1. The summed E-state index contributed by atoms with van der Waals surface area (Å²) in [5.74, 6) is 1.14. The van der Waals surface area contributed by atoms with Crippen molar-refractivity contribution in [1.82, 2.24) is 10.6 Å². The van der Waals surface area contributed by atoms with Gasteiger partial charge in [-0.2, -0.15) is 11.8 Å². The van der Waals surface area contributed by atoms with E-state index in [0.29, 0.717) is 0 Å². The Morgan fingerprint density at radius 2 is 2.07 bits per heavy atom. The summed E-state index contributed by atoms with van der Waals surface area (Å²) in [7, 11) is 0. The Hall–Kier alpha value is -0.220. The second-order valence-corrected chi connectivity index (χ2v) is 4.54. The lowest BCUT2D eigenvalue weighted by molar-refractivity contribution is -0.123. The lowest BCUT2D eigenvalue weighted by Gasteiger charge is -2.18. The topological polar surface area (TPSA) is 41.1 Å². The lowest BCUT2D eigenvalue weighted by Crippen LogP contribution is -2.46. The SMILES string of the molecule is CCNC(CCSC)C(=O)NC(C)C. The molecule has 0 bridgehead atoms. The summed E-state index contributed by atoms with van der Waals surface area (Å²) >= 11 is 1.77. The Bertz CT molecular complexity index is 162. The van der Waals surface area contributed by atoms with Crippen LogP contribution in [0.1, 0.15) is 27.2 Å². The number of likely N-dealkylation sites (N-methyl/N-ethyl adjacent to an activating group) is 1. The largest absolute Gasteiger partial charge is 0.353 e. The molecule has 0 radical (unpaired) electrons. The molecule has 0 aromatic rings. The van der Waals surface area contributed by atoms with Gasteiger partial charge in [0.05, 0.1) is 6.04 Å². The van der Waals surface area contributed by atoms with E-state index < -0.39 is 0 Å². The number of rotatable bonds is 7. The Balaban J connectivity index is 3.97. The van der Waals surface area contributed by atoms with E-state index in [9.17, 15) is 4.79 Å². The van der Waals surface area contributed by atoms with E-state index in [0.717, 1.165) is 18.7 Å². The number of nitrogens with one attached hydrogen (secondary N) is 2. The van der Waals surface area contributed by atoms with Crippen LogP contribution in [-0.4, -0.2) is 36.5 Å². The predicted octanol–water partition coefficient (Wildman–Crippen LogP) is 1.24. The van der Waals surface area contributed by atoms with Gasteiger partial charge in [0.15, 0.2) is 0 Å². The molecule has 0 rings (SSSR count). The minimum atomic E-state index is -0.0325. The van der Waals surface area contributed by atoms with Crippen LogP contribution in [0.25, 0.3) is 0 Å². The van der Waals surface area contributed by atoms with Gasteiger partial charge in [0, 0.05) is 6.04 Å². The van der Waals surface area contributed by atoms with Gasteiger partial charge in [0.2, 0.25) is 5.91 Å². The highest BCUT2D eigenvalue weighted by Gasteiger charge is 2.16. The zero-order chi connectivity index (χ0) is 11.0. The van der Waals surface area contributed by atoms with Crippen molar-refractivity contribution in [1.29, 1.82) is 0 Å². The van der Waals surface area contributed by atoms with Crippen LogP contribution >= 0.6 is 11.8 Å².